The first kappa shape index (κ1) is 22.7. The first-order chi connectivity index (χ1) is 15.8. The van der Waals surface area contributed by atoms with Gasteiger partial charge in [0.05, 0.1) is 23.7 Å². The SMILES string of the molecule is Cc1cc(C)cc(OCCNC(=O)[C@@H]2CN(S(=O)(=O)c3ccccc3)c3ccccc3O2)c1. The topological polar surface area (TPSA) is 84.9 Å². The zero-order valence-electron chi connectivity index (χ0n) is 18.5. The van der Waals surface area contributed by atoms with E-state index in [0.717, 1.165) is 16.9 Å². The van der Waals surface area contributed by atoms with Crippen molar-refractivity contribution in [1.29, 1.82) is 0 Å². The standard InChI is InChI=1S/C25H26N2O5S/c1-18-14-19(2)16-20(15-18)31-13-12-26-25(28)24-17-27(22-10-6-7-11-23(22)32-24)33(29,30)21-8-4-3-5-9-21/h3-11,14-16,24H,12-13,17H2,1-2H3,(H,26,28)/t24-/m0/s1. The van der Waals surface area contributed by atoms with Gasteiger partial charge in [0, 0.05) is 0 Å². The second-order valence-corrected chi connectivity index (χ2v) is 9.75. The molecule has 0 saturated heterocycles. The van der Waals surface area contributed by atoms with Crippen LogP contribution in [0.15, 0.2) is 77.7 Å². The number of rotatable bonds is 7. The van der Waals surface area contributed by atoms with E-state index in [-0.39, 0.29) is 24.6 Å². The van der Waals surface area contributed by atoms with E-state index in [1.165, 1.54) is 16.4 Å². The van der Waals surface area contributed by atoms with Crippen molar-refractivity contribution >= 4 is 21.6 Å². The maximum atomic E-state index is 13.3. The van der Waals surface area contributed by atoms with Gasteiger partial charge < -0.3 is 14.8 Å². The molecule has 1 aliphatic heterocycles. The number of amides is 1. The van der Waals surface area contributed by atoms with Gasteiger partial charge in [-0.1, -0.05) is 36.4 Å². The minimum absolute atomic E-state index is 0.127. The molecule has 1 heterocycles. The highest BCUT2D eigenvalue weighted by molar-refractivity contribution is 7.92. The average Bonchev–Trinajstić information content (AvgIpc) is 2.81. The molecular formula is C25H26N2O5S. The second-order valence-electron chi connectivity index (χ2n) is 7.89. The summed E-state index contributed by atoms with van der Waals surface area (Å²) in [7, 11) is -3.86. The fourth-order valence-corrected chi connectivity index (χ4v) is 5.26. The summed E-state index contributed by atoms with van der Waals surface area (Å²) < 4.78 is 39.4. The number of anilines is 1. The highest BCUT2D eigenvalue weighted by Gasteiger charge is 2.37. The molecule has 33 heavy (non-hydrogen) atoms. The number of carbonyl (C=O) groups is 1. The molecular weight excluding hydrogens is 440 g/mol. The van der Waals surface area contributed by atoms with Gasteiger partial charge in [0.15, 0.2) is 6.10 Å². The molecule has 0 bridgehead atoms. The lowest BCUT2D eigenvalue weighted by molar-refractivity contribution is -0.127. The van der Waals surface area contributed by atoms with Crippen molar-refractivity contribution in [2.75, 3.05) is 24.0 Å². The summed E-state index contributed by atoms with van der Waals surface area (Å²) >= 11 is 0. The Morgan fingerprint density at radius 2 is 1.70 bits per heavy atom. The molecule has 1 atom stereocenters. The molecule has 0 unspecified atom stereocenters. The van der Waals surface area contributed by atoms with E-state index >= 15 is 0 Å². The van der Waals surface area contributed by atoms with Crippen molar-refractivity contribution in [1.82, 2.24) is 5.32 Å². The van der Waals surface area contributed by atoms with Crippen LogP contribution in [0.25, 0.3) is 0 Å². The molecule has 4 rings (SSSR count). The lowest BCUT2D eigenvalue weighted by Crippen LogP contribution is -2.51. The molecule has 0 fully saturated rings. The number of carbonyl (C=O) groups excluding carboxylic acids is 1. The van der Waals surface area contributed by atoms with Crippen LogP contribution in [0, 0.1) is 13.8 Å². The number of benzene rings is 3. The summed E-state index contributed by atoms with van der Waals surface area (Å²) in [5.41, 5.74) is 2.61. The average molecular weight is 467 g/mol. The maximum Gasteiger partial charge on any atom is 0.264 e. The van der Waals surface area contributed by atoms with Crippen LogP contribution in [0.4, 0.5) is 5.69 Å². The summed E-state index contributed by atoms with van der Waals surface area (Å²) in [5, 5.41) is 2.78. The number of aryl methyl sites for hydroxylation is 2. The number of hydrogen-bond acceptors (Lipinski definition) is 5. The first-order valence-electron chi connectivity index (χ1n) is 10.7. The molecule has 3 aromatic rings. The molecule has 0 aliphatic carbocycles. The Kier molecular flexibility index (Phi) is 6.55. The van der Waals surface area contributed by atoms with Crippen molar-refractivity contribution in [3.63, 3.8) is 0 Å². The number of nitrogens with one attached hydrogen (secondary N) is 1. The Balaban J connectivity index is 1.44. The summed E-state index contributed by atoms with van der Waals surface area (Å²) in [5.74, 6) is 0.682. The van der Waals surface area contributed by atoms with E-state index in [1.807, 2.05) is 26.0 Å². The Labute approximate surface area is 194 Å². The van der Waals surface area contributed by atoms with Gasteiger partial charge >= 0.3 is 0 Å². The molecule has 0 spiro atoms. The third-order valence-electron chi connectivity index (χ3n) is 5.22. The summed E-state index contributed by atoms with van der Waals surface area (Å²) in [6.07, 6.45) is -0.986. The normalized spacial score (nSPS) is 15.3. The van der Waals surface area contributed by atoms with E-state index in [0.29, 0.717) is 11.4 Å². The molecule has 7 nitrogen and oxygen atoms in total. The molecule has 0 radical (unpaired) electrons. The molecule has 3 aromatic carbocycles. The number of sulfonamides is 1. The van der Waals surface area contributed by atoms with E-state index in [9.17, 15) is 13.2 Å². The van der Waals surface area contributed by atoms with Gasteiger partial charge in [-0.25, -0.2) is 8.42 Å². The van der Waals surface area contributed by atoms with Crippen molar-refractivity contribution in [2.45, 2.75) is 24.8 Å². The zero-order valence-corrected chi connectivity index (χ0v) is 19.3. The van der Waals surface area contributed by atoms with Gasteiger partial charge in [-0.15, -0.1) is 0 Å². The highest BCUT2D eigenvalue weighted by atomic mass is 32.2. The van der Waals surface area contributed by atoms with E-state index in [1.54, 1.807) is 42.5 Å². The van der Waals surface area contributed by atoms with Gasteiger partial charge in [0.1, 0.15) is 18.1 Å². The molecule has 8 heteroatoms. The van der Waals surface area contributed by atoms with Crippen LogP contribution in [0.1, 0.15) is 11.1 Å². The van der Waals surface area contributed by atoms with Crippen LogP contribution in [0.2, 0.25) is 0 Å². The fourth-order valence-electron chi connectivity index (χ4n) is 3.76. The number of hydrogen-bond donors (Lipinski definition) is 1. The van der Waals surface area contributed by atoms with Crippen molar-refractivity contribution < 1.29 is 22.7 Å². The quantitative estimate of drug-likeness (QED) is 0.539. The summed E-state index contributed by atoms with van der Waals surface area (Å²) in [6.45, 7) is 4.41. The molecule has 0 aromatic heterocycles. The van der Waals surface area contributed by atoms with Crippen LogP contribution in [0.5, 0.6) is 11.5 Å². The predicted octanol–water partition coefficient (Wildman–Crippen LogP) is 3.45. The monoisotopic (exact) mass is 466 g/mol. The molecule has 0 saturated carbocycles. The molecule has 1 N–H and O–H groups in total. The van der Waals surface area contributed by atoms with Gasteiger partial charge in [-0.2, -0.15) is 0 Å². The van der Waals surface area contributed by atoms with Crippen LogP contribution in [0.3, 0.4) is 0 Å². The zero-order chi connectivity index (χ0) is 23.4. The number of para-hydroxylation sites is 2. The van der Waals surface area contributed by atoms with Gasteiger partial charge in [0.25, 0.3) is 15.9 Å². The lowest BCUT2D eigenvalue weighted by Gasteiger charge is -2.34. The van der Waals surface area contributed by atoms with Crippen molar-refractivity contribution in [3.8, 4) is 11.5 Å². The largest absolute Gasteiger partial charge is 0.492 e. The molecule has 1 amide bonds. The van der Waals surface area contributed by atoms with Crippen molar-refractivity contribution in [2.24, 2.45) is 0 Å². The van der Waals surface area contributed by atoms with E-state index < -0.39 is 22.0 Å². The minimum Gasteiger partial charge on any atom is -0.492 e. The highest BCUT2D eigenvalue weighted by Crippen LogP contribution is 2.36. The van der Waals surface area contributed by atoms with Gasteiger partial charge in [-0.05, 0) is 61.4 Å². The van der Waals surface area contributed by atoms with Crippen LogP contribution < -0.4 is 19.1 Å². The van der Waals surface area contributed by atoms with E-state index in [4.69, 9.17) is 9.47 Å². The smallest absolute Gasteiger partial charge is 0.264 e. The predicted molar refractivity (Wildman–Crippen MR) is 126 cm³/mol. The molecule has 172 valence electrons. The Morgan fingerprint density at radius 1 is 1.03 bits per heavy atom. The van der Waals surface area contributed by atoms with Crippen LogP contribution in [-0.4, -0.2) is 40.1 Å². The first-order valence-corrected chi connectivity index (χ1v) is 12.1. The lowest BCUT2D eigenvalue weighted by atomic mass is 10.1. The maximum absolute atomic E-state index is 13.3. The number of nitrogens with zero attached hydrogens (tertiary/aromatic N) is 1. The Hall–Kier alpha value is -3.52. The number of ether oxygens (including phenoxy) is 2. The third-order valence-corrected chi connectivity index (χ3v) is 7.02. The van der Waals surface area contributed by atoms with E-state index in [2.05, 4.69) is 11.4 Å². The summed E-state index contributed by atoms with van der Waals surface area (Å²) in [4.78, 5) is 13.0. The Morgan fingerprint density at radius 3 is 2.42 bits per heavy atom. The second kappa shape index (κ2) is 9.54. The minimum atomic E-state index is -3.86. The number of fused-ring (bicyclic) bond motifs is 1. The van der Waals surface area contributed by atoms with Gasteiger partial charge in [0.2, 0.25) is 0 Å². The third kappa shape index (κ3) is 5.12. The summed E-state index contributed by atoms with van der Waals surface area (Å²) in [6, 6.07) is 20.9. The van der Waals surface area contributed by atoms with Crippen molar-refractivity contribution in [3.05, 3.63) is 83.9 Å². The van der Waals surface area contributed by atoms with Gasteiger partial charge in [-0.3, -0.25) is 9.10 Å². The van der Waals surface area contributed by atoms with Crippen LogP contribution in [-0.2, 0) is 14.8 Å². The van der Waals surface area contributed by atoms with Crippen LogP contribution >= 0.6 is 0 Å². The fraction of sp³-hybridized carbons (Fsp3) is 0.240. The molecule has 1 aliphatic rings. The Bertz CT molecular complexity index is 1220.